The molecule has 3 aliphatic rings. The maximum atomic E-state index is 13.3. The summed E-state index contributed by atoms with van der Waals surface area (Å²) in [5.41, 5.74) is 0.718. The van der Waals surface area contributed by atoms with Crippen molar-refractivity contribution in [1.82, 2.24) is 9.58 Å². The third kappa shape index (κ3) is 2.19. The predicted octanol–water partition coefficient (Wildman–Crippen LogP) is 2.21. The lowest BCUT2D eigenvalue weighted by atomic mass is 9.99. The Morgan fingerprint density at radius 3 is 2.59 bits per heavy atom. The number of pyridine rings is 1. The van der Waals surface area contributed by atoms with Crippen LogP contribution in [0.4, 0.5) is 0 Å². The van der Waals surface area contributed by atoms with Gasteiger partial charge in [-0.2, -0.15) is 0 Å². The summed E-state index contributed by atoms with van der Waals surface area (Å²) in [6, 6.07) is 11.2. The lowest BCUT2D eigenvalue weighted by molar-refractivity contribution is 0.0326. The fourth-order valence-electron chi connectivity index (χ4n) is 5.10. The van der Waals surface area contributed by atoms with Crippen LogP contribution in [0.2, 0.25) is 0 Å². The zero-order chi connectivity index (χ0) is 18.8. The van der Waals surface area contributed by atoms with E-state index in [1.165, 1.54) is 12.5 Å². The highest BCUT2D eigenvalue weighted by molar-refractivity contribution is 5.97. The van der Waals surface area contributed by atoms with Crippen LogP contribution in [0.5, 0.6) is 5.75 Å². The molecule has 2 heterocycles. The van der Waals surface area contributed by atoms with Gasteiger partial charge in [0.1, 0.15) is 12.3 Å². The molecule has 2 fully saturated rings. The number of carbonyl (C=O) groups excluding carboxylic acids is 1. The molecule has 2 aliphatic carbocycles. The fraction of sp³-hybridized carbons (Fsp3) is 0.429. The Kier molecular flexibility index (Phi) is 3.41. The molecule has 6 heteroatoms. The summed E-state index contributed by atoms with van der Waals surface area (Å²) in [7, 11) is 3.88. The van der Waals surface area contributed by atoms with Gasteiger partial charge in [-0.25, -0.2) is 0 Å². The van der Waals surface area contributed by atoms with E-state index >= 15 is 0 Å². The molecule has 3 atom stereocenters. The number of amides is 1. The van der Waals surface area contributed by atoms with E-state index in [0.717, 1.165) is 24.3 Å². The number of aromatic nitrogens is 1. The Morgan fingerprint density at radius 1 is 1.15 bits per heavy atom. The second kappa shape index (κ2) is 5.62. The van der Waals surface area contributed by atoms with E-state index in [1.807, 2.05) is 54.0 Å². The van der Waals surface area contributed by atoms with Crippen LogP contribution in [-0.2, 0) is 6.61 Å². The number of fused-ring (bicyclic) bond motifs is 3. The molecule has 2 saturated carbocycles. The Labute approximate surface area is 157 Å². The van der Waals surface area contributed by atoms with Crippen molar-refractivity contribution in [2.45, 2.75) is 31.5 Å². The number of benzene rings is 1. The molecule has 1 unspecified atom stereocenters. The van der Waals surface area contributed by atoms with Crippen LogP contribution in [0.3, 0.4) is 0 Å². The van der Waals surface area contributed by atoms with Gasteiger partial charge in [0.05, 0.1) is 0 Å². The second-order valence-corrected chi connectivity index (χ2v) is 7.88. The average molecular weight is 365 g/mol. The lowest BCUT2D eigenvalue weighted by Crippen LogP contribution is -2.68. The third-order valence-corrected chi connectivity index (χ3v) is 6.63. The van der Waals surface area contributed by atoms with Gasteiger partial charge < -0.3 is 9.64 Å². The van der Waals surface area contributed by atoms with E-state index in [9.17, 15) is 9.59 Å². The van der Waals surface area contributed by atoms with Gasteiger partial charge in [-0.15, -0.1) is 0 Å². The highest BCUT2D eigenvalue weighted by Crippen LogP contribution is 2.61. The summed E-state index contributed by atoms with van der Waals surface area (Å²) in [5, 5.41) is 2.14. The topological polar surface area (TPSA) is 54.8 Å². The Bertz CT molecular complexity index is 970. The second-order valence-electron chi connectivity index (χ2n) is 7.88. The van der Waals surface area contributed by atoms with Gasteiger partial charge in [-0.1, -0.05) is 30.3 Å². The molecule has 1 aromatic carbocycles. The number of rotatable bonds is 3. The number of nitrogens with zero attached hydrogens (tertiary/aromatic N) is 3. The summed E-state index contributed by atoms with van der Waals surface area (Å²) in [6.45, 7) is 0.254. The Morgan fingerprint density at radius 2 is 1.93 bits per heavy atom. The zero-order valence-corrected chi connectivity index (χ0v) is 15.6. The van der Waals surface area contributed by atoms with Gasteiger partial charge in [0.2, 0.25) is 5.43 Å². The quantitative estimate of drug-likeness (QED) is 0.837. The van der Waals surface area contributed by atoms with Crippen LogP contribution < -0.4 is 15.2 Å². The van der Waals surface area contributed by atoms with Gasteiger partial charge in [0.15, 0.2) is 11.4 Å². The van der Waals surface area contributed by atoms with Gasteiger partial charge in [0, 0.05) is 32.3 Å². The first-order chi connectivity index (χ1) is 13.0. The molecule has 0 saturated heterocycles. The molecular formula is C21H23N3O3. The first-order valence-corrected chi connectivity index (χ1v) is 9.48. The van der Waals surface area contributed by atoms with Crippen molar-refractivity contribution in [1.29, 1.82) is 0 Å². The molecule has 6 nitrogen and oxygen atoms in total. The summed E-state index contributed by atoms with van der Waals surface area (Å²) in [5.74, 6) is 1.22. The summed E-state index contributed by atoms with van der Waals surface area (Å²) in [4.78, 5) is 27.7. The van der Waals surface area contributed by atoms with Crippen molar-refractivity contribution in [3.05, 3.63) is 64.1 Å². The maximum absolute atomic E-state index is 13.3. The van der Waals surface area contributed by atoms with Crippen LogP contribution in [0, 0.1) is 11.8 Å². The van der Waals surface area contributed by atoms with Crippen molar-refractivity contribution in [3.8, 4) is 5.75 Å². The molecule has 1 aliphatic heterocycles. The summed E-state index contributed by atoms with van der Waals surface area (Å²) in [6.07, 6.45) is 5.00. The molecular weight excluding hydrogens is 342 g/mol. The molecule has 0 bridgehead atoms. The first kappa shape index (κ1) is 16.4. The van der Waals surface area contributed by atoms with Crippen LogP contribution >= 0.6 is 0 Å². The van der Waals surface area contributed by atoms with E-state index in [-0.39, 0.29) is 29.4 Å². The van der Waals surface area contributed by atoms with Crippen LogP contribution in [0.15, 0.2) is 47.4 Å². The normalized spacial score (nSPS) is 28.3. The van der Waals surface area contributed by atoms with Crippen molar-refractivity contribution < 1.29 is 9.53 Å². The number of hydrogen-bond acceptors (Lipinski definition) is 4. The van der Waals surface area contributed by atoms with E-state index < -0.39 is 0 Å². The first-order valence-electron chi connectivity index (χ1n) is 9.48. The highest BCUT2D eigenvalue weighted by Gasteiger charge is 2.65. The van der Waals surface area contributed by atoms with Crippen molar-refractivity contribution >= 4 is 5.91 Å². The summed E-state index contributed by atoms with van der Waals surface area (Å²) >= 11 is 0. The molecule has 1 spiro atoms. The highest BCUT2D eigenvalue weighted by atomic mass is 16.5. The molecule has 1 amide bonds. The van der Waals surface area contributed by atoms with Gasteiger partial charge in [0.25, 0.3) is 5.91 Å². The molecule has 140 valence electrons. The number of hydrogen-bond donors (Lipinski definition) is 0. The monoisotopic (exact) mass is 365 g/mol. The number of ether oxygens (including phenoxy) is 1. The summed E-state index contributed by atoms with van der Waals surface area (Å²) < 4.78 is 7.69. The smallest absolute Gasteiger partial charge is 0.278 e. The third-order valence-electron chi connectivity index (χ3n) is 6.63. The van der Waals surface area contributed by atoms with E-state index in [2.05, 4.69) is 5.01 Å². The van der Waals surface area contributed by atoms with Crippen LogP contribution in [0.25, 0.3) is 0 Å². The minimum atomic E-state index is -0.291. The van der Waals surface area contributed by atoms with E-state index in [4.69, 9.17) is 4.74 Å². The number of carbonyl (C=O) groups is 1. The van der Waals surface area contributed by atoms with Crippen LogP contribution in [0.1, 0.15) is 35.3 Å². The van der Waals surface area contributed by atoms with E-state index in [0.29, 0.717) is 11.6 Å². The zero-order valence-electron chi connectivity index (χ0n) is 15.6. The SMILES string of the molecule is CN1C(=O)c2c(OCc3ccccc3)c(=O)ccn2N(C)C12CC[C@@H]1C[C@@H]12. The van der Waals surface area contributed by atoms with Gasteiger partial charge in [-0.05, 0) is 30.7 Å². The minimum absolute atomic E-state index is 0.130. The molecule has 0 N–H and O–H groups in total. The molecule has 2 aromatic rings. The molecule has 1 aromatic heterocycles. The van der Waals surface area contributed by atoms with Gasteiger partial charge in [-0.3, -0.25) is 19.3 Å². The molecule has 0 radical (unpaired) electrons. The average Bonchev–Trinajstić information content (AvgIpc) is 3.38. The molecule has 5 rings (SSSR count). The largest absolute Gasteiger partial charge is 0.482 e. The Hall–Kier alpha value is -2.76. The predicted molar refractivity (Wildman–Crippen MR) is 101 cm³/mol. The van der Waals surface area contributed by atoms with Gasteiger partial charge >= 0.3 is 0 Å². The Balaban J connectivity index is 1.56. The van der Waals surface area contributed by atoms with Crippen molar-refractivity contribution in [3.63, 3.8) is 0 Å². The van der Waals surface area contributed by atoms with Crippen molar-refractivity contribution in [2.75, 3.05) is 19.1 Å². The van der Waals surface area contributed by atoms with E-state index in [1.54, 1.807) is 6.20 Å². The minimum Gasteiger partial charge on any atom is -0.482 e. The lowest BCUT2D eigenvalue weighted by Gasteiger charge is -2.52. The standard InChI is InChI=1S/C21H23N3O3/c1-22-20(26)18-19(27-13-14-6-4-3-5-7-14)17(25)9-11-24(18)23(2)21(22)10-8-15-12-16(15)21/h3-7,9,11,15-16H,8,10,12-13H2,1-2H3/t15-,16+,21?/m1/s1. The van der Waals surface area contributed by atoms with Crippen LogP contribution in [-0.4, -0.2) is 35.2 Å². The molecule has 27 heavy (non-hydrogen) atoms. The maximum Gasteiger partial charge on any atom is 0.278 e. The van der Waals surface area contributed by atoms with Crippen molar-refractivity contribution in [2.24, 2.45) is 11.8 Å². The fourth-order valence-corrected chi connectivity index (χ4v) is 5.10.